The Morgan fingerprint density at radius 1 is 0.588 bits per heavy atom. The summed E-state index contributed by atoms with van der Waals surface area (Å²) in [5, 5.41) is 6.69. The summed E-state index contributed by atoms with van der Waals surface area (Å²) in [6.07, 6.45) is 0. The zero-order valence-electron chi connectivity index (χ0n) is 25.9. The van der Waals surface area contributed by atoms with Crippen LogP contribution >= 0.6 is 31.3 Å². The Bertz CT molecular complexity index is 896. The van der Waals surface area contributed by atoms with Crippen LogP contribution in [0, 0.1) is 32.5 Å². The molecule has 3 aliphatic rings. The highest BCUT2D eigenvalue weighted by molar-refractivity contribution is 8.43. The highest BCUT2D eigenvalue weighted by Gasteiger charge is 2.76. The average molecular weight is 541 g/mol. The van der Waals surface area contributed by atoms with Crippen LogP contribution in [0.5, 0.6) is 0 Å². The average Bonchev–Trinajstić information content (AvgIpc) is 3.14. The van der Waals surface area contributed by atoms with Gasteiger partial charge in [0.15, 0.2) is 0 Å². The second-order valence-electron chi connectivity index (χ2n) is 17.4. The molecule has 3 aliphatic heterocycles. The largest absolute Gasteiger partial charge is 0.0865 e. The smallest absolute Gasteiger partial charge is 0.0655 e. The van der Waals surface area contributed by atoms with E-state index in [0.717, 1.165) is 11.1 Å². The topological polar surface area (TPSA) is 0 Å². The normalized spacial score (nSPS) is 35.7. The van der Waals surface area contributed by atoms with Crippen LogP contribution in [-0.4, -0.2) is 21.0 Å². The molecule has 1 saturated heterocycles. The first-order chi connectivity index (χ1) is 14.7. The fourth-order valence-electron chi connectivity index (χ4n) is 6.54. The molecule has 0 N–H and O–H groups in total. The van der Waals surface area contributed by atoms with Crippen LogP contribution in [-0.2, 0) is 0 Å². The molecule has 1 fully saturated rings. The van der Waals surface area contributed by atoms with Gasteiger partial charge in [0.25, 0.3) is 0 Å². The Kier molecular flexibility index (Phi) is 7.09. The first-order valence-electron chi connectivity index (χ1n) is 13.4. The number of allylic oxidation sites excluding steroid dienone is 2. The summed E-state index contributed by atoms with van der Waals surface area (Å²) in [5.41, 5.74) is 2.58. The van der Waals surface area contributed by atoms with Gasteiger partial charge in [-0.3, -0.25) is 0 Å². The van der Waals surface area contributed by atoms with E-state index in [0.29, 0.717) is 20.9 Å². The van der Waals surface area contributed by atoms with Crippen molar-refractivity contribution in [2.75, 3.05) is 0 Å². The Morgan fingerprint density at radius 3 is 1.32 bits per heavy atom. The van der Waals surface area contributed by atoms with Crippen LogP contribution in [0.2, 0.25) is 0 Å². The van der Waals surface area contributed by atoms with Crippen LogP contribution < -0.4 is 0 Å². The highest BCUT2D eigenvalue weighted by atomic mass is 32.1. The van der Waals surface area contributed by atoms with Crippen LogP contribution in [0.4, 0.5) is 0 Å². The summed E-state index contributed by atoms with van der Waals surface area (Å²) in [6.45, 7) is 46.3. The third-order valence-electron chi connectivity index (χ3n) is 7.63. The lowest BCUT2D eigenvalue weighted by molar-refractivity contribution is 0.408. The summed E-state index contributed by atoms with van der Waals surface area (Å²) >= 11 is 0. The quantitative estimate of drug-likeness (QED) is 0.268. The molecule has 0 amide bonds. The zero-order chi connectivity index (χ0) is 26.8. The molecule has 34 heavy (non-hydrogen) atoms. The van der Waals surface area contributed by atoms with Gasteiger partial charge in [-0.15, -0.1) is 0 Å². The van der Waals surface area contributed by atoms with E-state index in [-0.39, 0.29) is 39.4 Å². The van der Waals surface area contributed by atoms with Crippen LogP contribution in [0.1, 0.15) is 125 Å². The standard InChI is InChI=1S/C30H56P4/c1-24(2,3)19-20(25(4,5)6)34-30(31-19,29(16,17)18)32-21(26(7,8)9)22(27(10,11)12)33(34)23(32)28(13,14)15/h20,23H,1-18H3/t20-,23-,30-,32?,33?,34?/m0/s1. The Hall–Kier alpha value is 1.20. The predicted octanol–water partition coefficient (Wildman–Crippen LogP) is 12.3. The van der Waals surface area contributed by atoms with Gasteiger partial charge in [-0.05, 0) is 71.6 Å². The Balaban J connectivity index is 2.55. The fraction of sp³-hybridized carbons (Fsp3) is 0.900. The van der Waals surface area contributed by atoms with Gasteiger partial charge in [-0.1, -0.05) is 133 Å². The predicted molar refractivity (Wildman–Crippen MR) is 167 cm³/mol. The first kappa shape index (κ1) is 29.8. The molecular formula is C30H56P4. The molecular weight excluding hydrogens is 484 g/mol. The first-order valence-corrected chi connectivity index (χ1v) is 19.3. The maximum Gasteiger partial charge on any atom is 0.0655 e. The summed E-state index contributed by atoms with van der Waals surface area (Å²) in [7, 11) is 1.22. The number of rotatable bonds is 0. The lowest BCUT2D eigenvalue weighted by Gasteiger charge is -2.54. The molecule has 0 nitrogen and oxygen atoms in total. The highest BCUT2D eigenvalue weighted by Crippen LogP contribution is 3.12. The molecule has 2 bridgehead atoms. The fourth-order valence-corrected chi connectivity index (χ4v) is 38.5. The van der Waals surface area contributed by atoms with Crippen LogP contribution in [0.3, 0.4) is 0 Å². The van der Waals surface area contributed by atoms with Gasteiger partial charge in [-0.25, -0.2) is 0 Å². The van der Waals surface area contributed by atoms with Crippen molar-refractivity contribution in [3.8, 4) is 0 Å². The molecule has 0 saturated carbocycles. The molecule has 3 heterocycles. The van der Waals surface area contributed by atoms with E-state index in [2.05, 4.69) is 125 Å². The van der Waals surface area contributed by atoms with Crippen molar-refractivity contribution in [3.63, 3.8) is 0 Å². The van der Waals surface area contributed by atoms with Gasteiger partial charge in [0, 0.05) is 11.1 Å². The van der Waals surface area contributed by atoms with Crippen LogP contribution in [0.25, 0.3) is 0 Å². The van der Waals surface area contributed by atoms with Gasteiger partial charge in [-0.2, -0.15) is 0 Å². The second-order valence-corrected chi connectivity index (χ2v) is 28.7. The minimum absolute atomic E-state index is 0.129. The van der Waals surface area contributed by atoms with Gasteiger partial charge < -0.3 is 0 Å². The minimum atomic E-state index is -0.232. The second kappa shape index (κ2) is 8.10. The Labute approximate surface area is 219 Å². The van der Waals surface area contributed by atoms with Gasteiger partial charge in [0.1, 0.15) is 0 Å². The zero-order valence-corrected chi connectivity index (χ0v) is 29.5. The molecule has 0 aromatic heterocycles. The lowest BCUT2D eigenvalue weighted by atomic mass is 9.80. The summed E-state index contributed by atoms with van der Waals surface area (Å²) < 4.78 is 0.458. The van der Waals surface area contributed by atoms with Gasteiger partial charge >= 0.3 is 0 Å². The number of hydrogen-bond acceptors (Lipinski definition) is 0. The minimum Gasteiger partial charge on any atom is -0.0865 e. The van der Waals surface area contributed by atoms with Crippen molar-refractivity contribution < 1.29 is 0 Å². The van der Waals surface area contributed by atoms with Crippen LogP contribution in [0.15, 0.2) is 10.6 Å². The van der Waals surface area contributed by atoms with Crippen molar-refractivity contribution in [3.05, 3.63) is 10.6 Å². The number of hydrogen-bond donors (Lipinski definition) is 0. The van der Waals surface area contributed by atoms with E-state index in [1.165, 1.54) is 0 Å². The summed E-state index contributed by atoms with van der Waals surface area (Å²) in [6, 6.07) is 0. The van der Waals surface area contributed by atoms with Crippen molar-refractivity contribution in [1.82, 2.24) is 0 Å². The van der Waals surface area contributed by atoms with E-state index in [4.69, 9.17) is 0 Å². The number of fused-ring (bicyclic) bond motifs is 5. The van der Waals surface area contributed by atoms with Crippen molar-refractivity contribution >= 4 is 36.6 Å². The molecule has 0 radical (unpaired) electrons. The maximum absolute atomic E-state index is 2.64. The van der Waals surface area contributed by atoms with Crippen molar-refractivity contribution in [2.45, 2.75) is 140 Å². The molecule has 0 aliphatic carbocycles. The van der Waals surface area contributed by atoms with E-state index >= 15 is 0 Å². The van der Waals surface area contributed by atoms with E-state index < -0.39 is 0 Å². The third-order valence-corrected chi connectivity index (χ3v) is 30.4. The summed E-state index contributed by atoms with van der Waals surface area (Å²) in [4.78, 5) is 0. The Morgan fingerprint density at radius 2 is 1.03 bits per heavy atom. The summed E-state index contributed by atoms with van der Waals surface area (Å²) in [5.74, 6) is 0. The van der Waals surface area contributed by atoms with E-state index in [9.17, 15) is 0 Å². The molecule has 4 heteroatoms. The molecule has 0 aromatic carbocycles. The molecule has 196 valence electrons. The van der Waals surface area contributed by atoms with Crippen molar-refractivity contribution in [1.29, 1.82) is 0 Å². The van der Waals surface area contributed by atoms with Gasteiger partial charge in [0.2, 0.25) is 0 Å². The molecule has 3 unspecified atom stereocenters. The van der Waals surface area contributed by atoms with E-state index in [1.807, 2.05) is 15.9 Å². The van der Waals surface area contributed by atoms with Gasteiger partial charge in [0.05, 0.1) is 4.64 Å². The molecule has 0 aromatic rings. The van der Waals surface area contributed by atoms with Crippen molar-refractivity contribution in [2.24, 2.45) is 32.5 Å². The molecule has 0 spiro atoms. The SMILES string of the molecule is CC(C)(C)C1=P[C@@]2(C(C)(C)C)P3C(C(C)(C)C)=C(C(C)(C)C)P([C@H]3C(C)(C)C)P2[C@@H]1C(C)(C)C. The lowest BCUT2D eigenvalue weighted by Crippen LogP contribution is -2.39. The maximum atomic E-state index is 2.64. The van der Waals surface area contributed by atoms with E-state index in [1.54, 1.807) is 8.20 Å². The molecule has 6 atom stereocenters. The monoisotopic (exact) mass is 540 g/mol. The molecule has 3 rings (SSSR count). The third kappa shape index (κ3) is 4.33.